The van der Waals surface area contributed by atoms with Gasteiger partial charge in [-0.15, -0.1) is 0 Å². The van der Waals surface area contributed by atoms with E-state index in [9.17, 15) is 63.6 Å². The van der Waals surface area contributed by atoms with Crippen molar-refractivity contribution in [2.24, 2.45) is 17.8 Å². The summed E-state index contributed by atoms with van der Waals surface area (Å²) in [5.74, 6) is -0.739. The van der Waals surface area contributed by atoms with E-state index in [4.69, 9.17) is 38.0 Å². The lowest BCUT2D eigenvalue weighted by molar-refractivity contribution is 0.0696. The number of methoxy groups -OCH3 is 2. The van der Waals surface area contributed by atoms with Crippen LogP contribution in [-0.2, 0) is 32.6 Å². The lowest BCUT2D eigenvalue weighted by atomic mass is 10.0. The number of carboxylic acids is 1. The maximum absolute atomic E-state index is 13.3. The van der Waals surface area contributed by atoms with E-state index in [1.807, 2.05) is 59.7 Å². The van der Waals surface area contributed by atoms with E-state index in [0.717, 1.165) is 40.8 Å². The van der Waals surface area contributed by atoms with E-state index in [-0.39, 0.29) is 115 Å². The van der Waals surface area contributed by atoms with E-state index in [2.05, 4.69) is 9.97 Å². The molecule has 4 aromatic carbocycles. The zero-order chi connectivity index (χ0) is 80.6. The molecule has 111 heavy (non-hydrogen) atoms. The van der Waals surface area contributed by atoms with Crippen LogP contribution in [0.4, 0.5) is 5.69 Å². The van der Waals surface area contributed by atoms with Crippen molar-refractivity contribution in [3.63, 3.8) is 0 Å². The maximum atomic E-state index is 13.3. The van der Waals surface area contributed by atoms with E-state index in [1.165, 1.54) is 35.2 Å². The van der Waals surface area contributed by atoms with E-state index < -0.39 is 51.1 Å². The number of aromatic carboxylic acids is 1. The summed E-state index contributed by atoms with van der Waals surface area (Å²) in [5, 5.41) is 52.1. The van der Waals surface area contributed by atoms with Crippen molar-refractivity contribution in [1.29, 1.82) is 0 Å². The average Bonchev–Trinajstić information content (AvgIpc) is 0.781. The number of fused-ring (bicyclic) bond motifs is 4. The number of carbonyl (C=O) groups is 1. The van der Waals surface area contributed by atoms with Crippen LogP contribution in [0.5, 0.6) is 34.5 Å². The Kier molecular flexibility index (Phi) is 25.6. The van der Waals surface area contributed by atoms with E-state index in [0.29, 0.717) is 87.9 Å². The average molecular weight is 1570 g/mol. The van der Waals surface area contributed by atoms with Gasteiger partial charge in [-0.1, -0.05) is 114 Å². The van der Waals surface area contributed by atoms with Crippen molar-refractivity contribution in [3.8, 4) is 45.6 Å². The van der Waals surface area contributed by atoms with E-state index >= 15 is 0 Å². The molecule has 0 saturated heterocycles. The lowest BCUT2D eigenvalue weighted by Gasteiger charge is -2.14. The fraction of sp³-hybridized carbons (Fsp3) is 0.247. The summed E-state index contributed by atoms with van der Waals surface area (Å²) in [6.45, 7) is 20.8. The molecular formula is C81H79N7O20S3. The minimum atomic E-state index is -1.11. The van der Waals surface area contributed by atoms with Crippen LogP contribution >= 0.6 is 35.3 Å². The molecule has 0 unspecified atom stereocenters. The normalized spacial score (nSPS) is 11.2. The maximum Gasteiger partial charge on any atom is 0.354 e. The third-order valence-electron chi connectivity index (χ3n) is 17.2. The van der Waals surface area contributed by atoms with Gasteiger partial charge in [-0.3, -0.25) is 19.2 Å². The minimum Gasteiger partial charge on any atom is -0.506 e. The molecule has 13 rings (SSSR count). The van der Waals surface area contributed by atoms with Gasteiger partial charge in [-0.25, -0.2) is 33.9 Å². The van der Waals surface area contributed by atoms with Crippen LogP contribution in [0.25, 0.3) is 55.0 Å². The van der Waals surface area contributed by atoms with E-state index in [1.54, 1.807) is 147 Å². The number of hydrogen-bond acceptors (Lipinski definition) is 25. The molecule has 0 aliphatic carbocycles. The molecule has 576 valence electrons. The number of carboxylic acid groups (broad SMARTS) is 1. The number of hydrogen-bond donors (Lipinski definition) is 6. The molecule has 27 nitrogen and oxygen atoms in total. The summed E-state index contributed by atoms with van der Waals surface area (Å²) >= 11 is 2.73. The number of anilines is 1. The largest absolute Gasteiger partial charge is 0.506 e. The zero-order valence-electron chi connectivity index (χ0n) is 62.4. The fourth-order valence-corrected chi connectivity index (χ4v) is 14.5. The molecule has 0 saturated carbocycles. The molecule has 0 spiro atoms. The van der Waals surface area contributed by atoms with Crippen LogP contribution in [-0.4, -0.2) is 74.0 Å². The molecule has 13 aromatic rings. The van der Waals surface area contributed by atoms with Gasteiger partial charge in [0.25, 0.3) is 22.2 Å². The highest BCUT2D eigenvalue weighted by Gasteiger charge is 2.26. The highest BCUT2D eigenvalue weighted by molar-refractivity contribution is 8.00. The quantitative estimate of drug-likeness (QED) is 0.0323. The summed E-state index contributed by atoms with van der Waals surface area (Å²) in [7, 11) is 3.14. The molecule has 9 aromatic heterocycles. The Labute approximate surface area is 644 Å². The van der Waals surface area contributed by atoms with Gasteiger partial charge in [0.05, 0.1) is 19.8 Å². The number of benzene rings is 4. The minimum absolute atomic E-state index is 0.00992. The number of ether oxygens (including phenoxy) is 2. The number of aryl methyl sites for hydroxylation is 5. The van der Waals surface area contributed by atoms with Gasteiger partial charge in [0, 0.05) is 101 Å². The Balaban J connectivity index is 0.000000158. The van der Waals surface area contributed by atoms with Crippen molar-refractivity contribution in [1.82, 2.24) is 28.2 Å². The first-order valence-electron chi connectivity index (χ1n) is 34.7. The first-order valence-corrected chi connectivity index (χ1v) is 37.1. The molecule has 0 radical (unpaired) electrons. The summed E-state index contributed by atoms with van der Waals surface area (Å²) in [5.41, 5.74) is 6.08. The summed E-state index contributed by atoms with van der Waals surface area (Å²) < 4.78 is 38.1. The number of aromatic nitrogens is 6. The number of nitrogen functional groups attached to an aromatic ring is 1. The van der Waals surface area contributed by atoms with Gasteiger partial charge >= 0.3 is 28.5 Å². The van der Waals surface area contributed by atoms with Crippen LogP contribution in [0, 0.1) is 45.4 Å². The molecule has 0 aliphatic heterocycles. The standard InChI is InChI=1S/C25H23NO6.C20H19NO6S.C19H20N2O4S.C17H17N3O4S/c1-15-13-20-22(23(27)21(25(29)32-20)17-7-5-4-6-8-17)24(28)26(15)12-11-16-9-10-18(30-2)19(14-16)31-3;1-10(2)9-21-11(3)7-14-15(18(21)23)16(22)17(20(26)27-14)28-13-6-4-5-12(8-13)19(24)25;1-10(2)9-21-11(3)7-14-15(18(21)23)16(22)17(19(24)25-14)26-13-6-4-5-12(20)8-13;1-9(2)8-20-10(3)7-11-12(15(20)22)13(21)14(16(23)24-11)25-17-18-5-4-6-19-17/h4-10,13-14,27H,11-12H2,1-3H3;4-8,10,22H,9H2,1-3H3,(H,24,25);4-8,10,22H,9,20H2,1-3H3;4-7,9,21H,8H2,1-3H3. The van der Waals surface area contributed by atoms with Crippen molar-refractivity contribution < 1.29 is 57.5 Å². The molecule has 0 aliphatic rings. The molecule has 30 heteroatoms. The summed E-state index contributed by atoms with van der Waals surface area (Å²) in [6.07, 6.45) is 3.59. The van der Waals surface area contributed by atoms with Crippen LogP contribution in [0.3, 0.4) is 0 Å². The second-order valence-electron chi connectivity index (χ2n) is 26.8. The molecule has 0 fully saturated rings. The van der Waals surface area contributed by atoms with Crippen molar-refractivity contribution >= 4 is 90.8 Å². The van der Waals surface area contributed by atoms with Gasteiger partial charge in [0.2, 0.25) is 0 Å². The molecule has 0 amide bonds. The third-order valence-corrected chi connectivity index (χ3v) is 20.2. The number of aromatic hydroxyl groups is 4. The van der Waals surface area contributed by atoms with Crippen LogP contribution in [0.15, 0.2) is 225 Å². The SMILES string of the molecule is COc1ccc(CCn2c(C)cc3oc(=O)c(-c4ccccc4)c(O)c3c2=O)cc1OC.Cc1cc2oc(=O)c(Sc3cccc(C(=O)O)c3)c(O)c2c(=O)n1CC(C)C.Cc1cc2oc(=O)c(Sc3cccc(N)c3)c(O)c2c(=O)n1CC(C)C.Cc1cc2oc(=O)c(Sc3ncccn3)c(O)c2c(=O)n1CC(C)C. The van der Waals surface area contributed by atoms with Gasteiger partial charge in [0.1, 0.15) is 69.9 Å². The van der Waals surface area contributed by atoms with Crippen LogP contribution in [0.1, 0.15) is 80.2 Å². The Morgan fingerprint density at radius 3 is 1.30 bits per heavy atom. The Bertz CT molecular complexity index is 6240. The van der Waals surface area contributed by atoms with Gasteiger partial charge < -0.3 is 76.7 Å². The first kappa shape index (κ1) is 81.2. The molecule has 0 bridgehead atoms. The first-order chi connectivity index (χ1) is 52.8. The Morgan fingerprint density at radius 1 is 0.459 bits per heavy atom. The van der Waals surface area contributed by atoms with Crippen molar-refractivity contribution in [2.75, 3.05) is 20.0 Å². The number of pyridine rings is 4. The zero-order valence-corrected chi connectivity index (χ0v) is 64.8. The topological polar surface area (TPSA) is 397 Å². The van der Waals surface area contributed by atoms with Crippen molar-refractivity contribution in [2.45, 2.75) is 131 Å². The molecule has 9 heterocycles. The number of nitrogens with two attached hydrogens (primary N) is 1. The molecule has 0 atom stereocenters. The predicted molar refractivity (Wildman–Crippen MR) is 424 cm³/mol. The number of nitrogens with zero attached hydrogens (tertiary/aromatic N) is 6. The Morgan fingerprint density at radius 2 is 0.865 bits per heavy atom. The van der Waals surface area contributed by atoms with Crippen LogP contribution in [0.2, 0.25) is 0 Å². The van der Waals surface area contributed by atoms with Crippen molar-refractivity contribution in [3.05, 3.63) is 257 Å². The Hall–Kier alpha value is -12.3. The second kappa shape index (κ2) is 35.0. The smallest absolute Gasteiger partial charge is 0.354 e. The predicted octanol–water partition coefficient (Wildman–Crippen LogP) is 13.3. The lowest BCUT2D eigenvalue weighted by Crippen LogP contribution is -2.25. The fourth-order valence-electron chi connectivity index (χ4n) is 12.0. The third kappa shape index (κ3) is 18.2. The number of rotatable bonds is 19. The molecular weight excluding hydrogens is 1490 g/mol. The highest BCUT2D eigenvalue weighted by Crippen LogP contribution is 2.39. The second-order valence-corrected chi connectivity index (χ2v) is 30.0. The summed E-state index contributed by atoms with van der Waals surface area (Å²) in [4.78, 5) is 121. The highest BCUT2D eigenvalue weighted by atomic mass is 32.2. The molecule has 7 N–H and O–H groups in total. The van der Waals surface area contributed by atoms with Gasteiger partial charge in [-0.05, 0) is 129 Å². The monoisotopic (exact) mass is 1570 g/mol. The van der Waals surface area contributed by atoms with Gasteiger partial charge in [-0.2, -0.15) is 0 Å². The van der Waals surface area contributed by atoms with Crippen LogP contribution < -0.4 is 59.9 Å². The summed E-state index contributed by atoms with van der Waals surface area (Å²) in [6, 6.07) is 35.1. The van der Waals surface area contributed by atoms with Gasteiger partial charge in [0.15, 0.2) is 33.9 Å².